The van der Waals surface area contributed by atoms with E-state index < -0.39 is 0 Å². The summed E-state index contributed by atoms with van der Waals surface area (Å²) in [5.41, 5.74) is 0. The largest absolute Gasteiger partial charge is 0.396 e. The highest BCUT2D eigenvalue weighted by atomic mass is 35.5. The predicted molar refractivity (Wildman–Crippen MR) is 83.8 cm³/mol. The molecule has 1 aliphatic heterocycles. The normalized spacial score (nSPS) is 19.8. The molecule has 1 saturated heterocycles. The Morgan fingerprint density at radius 2 is 2.35 bits per heavy atom. The zero-order valence-electron chi connectivity index (χ0n) is 11.5. The highest BCUT2D eigenvalue weighted by Gasteiger charge is 2.23. The summed E-state index contributed by atoms with van der Waals surface area (Å²) in [5.74, 6) is 1.49. The zero-order chi connectivity index (χ0) is 14.1. The van der Waals surface area contributed by atoms with E-state index in [4.69, 9.17) is 16.7 Å². The van der Waals surface area contributed by atoms with E-state index in [-0.39, 0.29) is 6.61 Å². The number of thiophene rings is 1. The van der Waals surface area contributed by atoms with E-state index in [2.05, 4.69) is 27.9 Å². The smallest absolute Gasteiger partial charge is 0.225 e. The van der Waals surface area contributed by atoms with Crippen LogP contribution in [0, 0.1) is 12.8 Å². The van der Waals surface area contributed by atoms with E-state index >= 15 is 0 Å². The molecule has 0 aromatic carbocycles. The standard InChI is InChI=1S/C14H18ClN3OS/c1-9-7-11-12(16-14(15)17-13(11)20-9)18-5-2-3-10(8-18)4-6-19/h7,10,19H,2-6,8H2,1H3. The summed E-state index contributed by atoms with van der Waals surface area (Å²) < 4.78 is 0. The Labute approximate surface area is 127 Å². The van der Waals surface area contributed by atoms with Gasteiger partial charge in [-0.2, -0.15) is 4.98 Å². The first-order valence-electron chi connectivity index (χ1n) is 6.97. The van der Waals surface area contributed by atoms with Crippen molar-refractivity contribution in [3.05, 3.63) is 16.2 Å². The molecule has 20 heavy (non-hydrogen) atoms. The van der Waals surface area contributed by atoms with Gasteiger partial charge < -0.3 is 10.0 Å². The number of piperidine rings is 1. The SMILES string of the molecule is Cc1cc2c(N3CCCC(CCO)C3)nc(Cl)nc2s1. The van der Waals surface area contributed by atoms with Gasteiger partial charge >= 0.3 is 0 Å². The van der Waals surface area contributed by atoms with Crippen LogP contribution in [-0.2, 0) is 0 Å². The topological polar surface area (TPSA) is 49.2 Å². The van der Waals surface area contributed by atoms with E-state index in [9.17, 15) is 0 Å². The fourth-order valence-corrected chi connectivity index (χ4v) is 4.01. The Kier molecular flexibility index (Phi) is 4.10. The molecule has 1 unspecified atom stereocenters. The molecule has 1 aliphatic rings. The molecule has 0 radical (unpaired) electrons. The van der Waals surface area contributed by atoms with Crippen LogP contribution in [0.1, 0.15) is 24.1 Å². The number of hydrogen-bond acceptors (Lipinski definition) is 5. The fraction of sp³-hybridized carbons (Fsp3) is 0.571. The second kappa shape index (κ2) is 5.84. The van der Waals surface area contributed by atoms with Crippen LogP contribution in [0.4, 0.5) is 5.82 Å². The first-order chi connectivity index (χ1) is 9.67. The first kappa shape index (κ1) is 14.0. The summed E-state index contributed by atoms with van der Waals surface area (Å²) in [6.07, 6.45) is 3.18. The average molecular weight is 312 g/mol. The van der Waals surface area contributed by atoms with Crippen LogP contribution in [0.2, 0.25) is 5.28 Å². The molecule has 4 nitrogen and oxygen atoms in total. The van der Waals surface area contributed by atoms with Gasteiger partial charge in [0.2, 0.25) is 5.28 Å². The summed E-state index contributed by atoms with van der Waals surface area (Å²) in [6.45, 7) is 4.28. The molecule has 3 heterocycles. The minimum atomic E-state index is 0.260. The third-order valence-electron chi connectivity index (χ3n) is 3.82. The summed E-state index contributed by atoms with van der Waals surface area (Å²) in [7, 11) is 0. The van der Waals surface area contributed by atoms with Crippen LogP contribution in [0.3, 0.4) is 0 Å². The molecule has 2 aromatic rings. The molecule has 1 N–H and O–H groups in total. The van der Waals surface area contributed by atoms with E-state index in [0.717, 1.165) is 42.0 Å². The summed E-state index contributed by atoms with van der Waals surface area (Å²) in [6, 6.07) is 2.14. The molecule has 0 bridgehead atoms. The fourth-order valence-electron chi connectivity index (χ4n) is 2.92. The van der Waals surface area contributed by atoms with Gasteiger partial charge in [-0.15, -0.1) is 11.3 Å². The quantitative estimate of drug-likeness (QED) is 0.884. The summed E-state index contributed by atoms with van der Waals surface area (Å²) >= 11 is 7.72. The molecule has 0 aliphatic carbocycles. The van der Waals surface area contributed by atoms with Gasteiger partial charge in [-0.25, -0.2) is 4.98 Å². The molecule has 6 heteroatoms. The highest BCUT2D eigenvalue weighted by molar-refractivity contribution is 7.18. The van der Waals surface area contributed by atoms with Crippen molar-refractivity contribution in [1.82, 2.24) is 9.97 Å². The van der Waals surface area contributed by atoms with Gasteiger partial charge in [-0.1, -0.05) is 0 Å². The van der Waals surface area contributed by atoms with Gasteiger partial charge in [0.05, 0.1) is 5.39 Å². The molecule has 1 atom stereocenters. The van der Waals surface area contributed by atoms with Crippen LogP contribution in [0.5, 0.6) is 0 Å². The molecule has 3 rings (SSSR count). The van der Waals surface area contributed by atoms with Crippen molar-refractivity contribution in [1.29, 1.82) is 0 Å². The number of nitrogens with zero attached hydrogens (tertiary/aromatic N) is 3. The molecule has 2 aromatic heterocycles. The maximum Gasteiger partial charge on any atom is 0.225 e. The maximum atomic E-state index is 9.13. The van der Waals surface area contributed by atoms with Gasteiger partial charge in [-0.3, -0.25) is 0 Å². The molecule has 108 valence electrons. The third kappa shape index (κ3) is 2.75. The molecule has 0 spiro atoms. The minimum Gasteiger partial charge on any atom is -0.396 e. The predicted octanol–water partition coefficient (Wildman–Crippen LogP) is 3.25. The van der Waals surface area contributed by atoms with E-state index in [0.29, 0.717) is 11.2 Å². The second-order valence-corrected chi connectivity index (χ2v) is 6.93. The first-order valence-corrected chi connectivity index (χ1v) is 8.16. The third-order valence-corrected chi connectivity index (χ3v) is 4.94. The van der Waals surface area contributed by atoms with Crippen molar-refractivity contribution >= 4 is 39.0 Å². The second-order valence-electron chi connectivity index (χ2n) is 5.36. The lowest BCUT2D eigenvalue weighted by Gasteiger charge is -2.33. The Balaban J connectivity index is 1.96. The summed E-state index contributed by atoms with van der Waals surface area (Å²) in [4.78, 5) is 13.3. The number of anilines is 1. The molecule has 0 saturated carbocycles. The van der Waals surface area contributed by atoms with Crippen molar-refractivity contribution in [3.63, 3.8) is 0 Å². The highest BCUT2D eigenvalue weighted by Crippen LogP contribution is 2.34. The Hall–Kier alpha value is -0.910. The summed E-state index contributed by atoms with van der Waals surface area (Å²) in [5, 5.41) is 10.5. The van der Waals surface area contributed by atoms with Crippen molar-refractivity contribution < 1.29 is 5.11 Å². The number of aryl methyl sites for hydroxylation is 1. The van der Waals surface area contributed by atoms with Gasteiger partial charge in [0.15, 0.2) is 0 Å². The van der Waals surface area contributed by atoms with Crippen LogP contribution >= 0.6 is 22.9 Å². The lowest BCUT2D eigenvalue weighted by atomic mass is 9.95. The van der Waals surface area contributed by atoms with Crippen LogP contribution in [0.15, 0.2) is 6.07 Å². The molecular formula is C14H18ClN3OS. The number of fused-ring (bicyclic) bond motifs is 1. The lowest BCUT2D eigenvalue weighted by molar-refractivity contribution is 0.244. The maximum absolute atomic E-state index is 9.13. The van der Waals surface area contributed by atoms with Crippen LogP contribution in [0.25, 0.3) is 10.2 Å². The molecule has 0 amide bonds. The Bertz CT molecular complexity index is 614. The van der Waals surface area contributed by atoms with Crippen LogP contribution < -0.4 is 4.90 Å². The average Bonchev–Trinajstić information content (AvgIpc) is 2.78. The number of halogens is 1. The van der Waals surface area contributed by atoms with E-state index in [1.807, 2.05) is 0 Å². The molecule has 1 fully saturated rings. The van der Waals surface area contributed by atoms with Crippen LogP contribution in [-0.4, -0.2) is 34.8 Å². The van der Waals surface area contributed by atoms with Crippen molar-refractivity contribution in [2.75, 3.05) is 24.6 Å². The minimum absolute atomic E-state index is 0.260. The van der Waals surface area contributed by atoms with Gasteiger partial charge in [-0.05, 0) is 49.8 Å². The zero-order valence-corrected chi connectivity index (χ0v) is 13.0. The number of rotatable bonds is 3. The monoisotopic (exact) mass is 311 g/mol. The van der Waals surface area contributed by atoms with Crippen molar-refractivity contribution in [2.45, 2.75) is 26.2 Å². The van der Waals surface area contributed by atoms with Gasteiger partial charge in [0, 0.05) is 24.6 Å². The Morgan fingerprint density at radius 1 is 1.50 bits per heavy atom. The van der Waals surface area contributed by atoms with Gasteiger partial charge in [0.25, 0.3) is 0 Å². The number of aliphatic hydroxyl groups is 1. The molecular weight excluding hydrogens is 294 g/mol. The Morgan fingerprint density at radius 3 is 3.15 bits per heavy atom. The number of aromatic nitrogens is 2. The number of hydrogen-bond donors (Lipinski definition) is 1. The van der Waals surface area contributed by atoms with E-state index in [1.165, 1.54) is 11.3 Å². The van der Waals surface area contributed by atoms with Crippen molar-refractivity contribution in [2.24, 2.45) is 5.92 Å². The lowest BCUT2D eigenvalue weighted by Crippen LogP contribution is -2.36. The number of aliphatic hydroxyl groups excluding tert-OH is 1. The van der Waals surface area contributed by atoms with Gasteiger partial charge in [0.1, 0.15) is 10.6 Å². The van der Waals surface area contributed by atoms with Crippen molar-refractivity contribution in [3.8, 4) is 0 Å². The van der Waals surface area contributed by atoms with E-state index in [1.54, 1.807) is 11.3 Å².